The zero-order valence-corrected chi connectivity index (χ0v) is 16.0. The van der Waals surface area contributed by atoms with Crippen molar-refractivity contribution in [2.24, 2.45) is 0 Å². The van der Waals surface area contributed by atoms with Gasteiger partial charge in [-0.3, -0.25) is 15.0 Å². The highest BCUT2D eigenvalue weighted by atomic mass is 19.4. The number of nitro benzene ring substituents is 1. The molecule has 0 unspecified atom stereocenters. The third-order valence-corrected chi connectivity index (χ3v) is 4.76. The second-order valence-electron chi connectivity index (χ2n) is 6.65. The van der Waals surface area contributed by atoms with Gasteiger partial charge < -0.3 is 19.9 Å². The summed E-state index contributed by atoms with van der Waals surface area (Å²) in [5, 5.41) is 25.3. The maximum atomic E-state index is 12.5. The number of phenolic OH excluding ortho intramolecular Hbond substituents is 1. The molecule has 1 aliphatic rings. The maximum Gasteiger partial charge on any atom is 0.573 e. The van der Waals surface area contributed by atoms with E-state index in [1.807, 2.05) is 4.90 Å². The molecule has 1 heterocycles. The van der Waals surface area contributed by atoms with E-state index in [0.717, 1.165) is 6.07 Å². The van der Waals surface area contributed by atoms with Gasteiger partial charge in [-0.1, -0.05) is 12.1 Å². The van der Waals surface area contributed by atoms with Gasteiger partial charge in [0.2, 0.25) is 0 Å². The predicted octanol–water partition coefficient (Wildman–Crippen LogP) is 3.20. The molecular formula is C19H20F3N3O5. The summed E-state index contributed by atoms with van der Waals surface area (Å²) < 4.78 is 46.4. The summed E-state index contributed by atoms with van der Waals surface area (Å²) in [4.78, 5) is 12.8. The second-order valence-corrected chi connectivity index (χ2v) is 6.65. The monoisotopic (exact) mass is 427 g/mol. The molecule has 2 N–H and O–H groups in total. The van der Waals surface area contributed by atoms with Crippen molar-refractivity contribution in [2.45, 2.75) is 12.4 Å². The van der Waals surface area contributed by atoms with Gasteiger partial charge in [-0.15, -0.1) is 13.2 Å². The molecule has 0 aromatic heterocycles. The number of nitrogens with one attached hydrogen (secondary N) is 1. The Morgan fingerprint density at radius 3 is 2.37 bits per heavy atom. The van der Waals surface area contributed by atoms with E-state index in [9.17, 15) is 28.4 Å². The van der Waals surface area contributed by atoms with Crippen LogP contribution in [0.4, 0.5) is 18.9 Å². The van der Waals surface area contributed by atoms with Gasteiger partial charge in [-0.25, -0.2) is 0 Å². The topological polar surface area (TPSA) is 97.1 Å². The van der Waals surface area contributed by atoms with E-state index in [1.165, 1.54) is 37.4 Å². The van der Waals surface area contributed by atoms with E-state index in [0.29, 0.717) is 31.7 Å². The first-order valence-corrected chi connectivity index (χ1v) is 9.05. The van der Waals surface area contributed by atoms with Crippen LogP contribution in [0.1, 0.15) is 17.2 Å². The molecule has 0 radical (unpaired) electrons. The molecule has 0 bridgehead atoms. The van der Waals surface area contributed by atoms with Gasteiger partial charge in [0, 0.05) is 37.8 Å². The zero-order chi connectivity index (χ0) is 21.9. The third kappa shape index (κ3) is 4.92. The van der Waals surface area contributed by atoms with Crippen molar-refractivity contribution in [3.63, 3.8) is 0 Å². The number of nitrogens with zero attached hydrogens (tertiary/aromatic N) is 2. The lowest BCUT2D eigenvalue weighted by Gasteiger charge is -2.36. The number of aromatic hydroxyl groups is 1. The molecule has 1 fully saturated rings. The van der Waals surface area contributed by atoms with Gasteiger partial charge in [-0.05, 0) is 17.7 Å². The number of phenols is 1. The van der Waals surface area contributed by atoms with Crippen LogP contribution in [0, 0.1) is 10.1 Å². The molecule has 2 aromatic rings. The summed E-state index contributed by atoms with van der Waals surface area (Å²) in [6, 6.07) is 6.96. The average molecular weight is 427 g/mol. The highest BCUT2D eigenvalue weighted by molar-refractivity contribution is 5.56. The standard InChI is InChI=1S/C19H20F3N3O5/c1-29-16-11-13(25(27)28)10-15(18(16)26)17(24-8-6-23-7-9-24)12-2-4-14(5-3-12)30-19(20,21)22/h2-5,10-11,17,23,26H,6-9H2,1H3/t17-/m0/s1. The molecule has 0 saturated carbocycles. The van der Waals surface area contributed by atoms with Crippen LogP contribution in [-0.4, -0.2) is 54.6 Å². The van der Waals surface area contributed by atoms with Crippen LogP contribution in [0.5, 0.6) is 17.2 Å². The van der Waals surface area contributed by atoms with Crippen molar-refractivity contribution >= 4 is 5.69 Å². The lowest BCUT2D eigenvalue weighted by molar-refractivity contribution is -0.385. The smallest absolute Gasteiger partial charge is 0.504 e. The molecule has 1 aliphatic heterocycles. The average Bonchev–Trinajstić information content (AvgIpc) is 2.70. The Balaban J connectivity index is 2.08. The fraction of sp³-hybridized carbons (Fsp3) is 0.368. The molecule has 8 nitrogen and oxygen atoms in total. The van der Waals surface area contributed by atoms with Gasteiger partial charge >= 0.3 is 6.36 Å². The molecule has 1 saturated heterocycles. The number of halogens is 3. The van der Waals surface area contributed by atoms with Crippen molar-refractivity contribution in [2.75, 3.05) is 33.3 Å². The van der Waals surface area contributed by atoms with Gasteiger partial charge in [0.25, 0.3) is 5.69 Å². The van der Waals surface area contributed by atoms with Crippen molar-refractivity contribution in [3.8, 4) is 17.2 Å². The van der Waals surface area contributed by atoms with Gasteiger partial charge in [0.1, 0.15) is 5.75 Å². The van der Waals surface area contributed by atoms with E-state index < -0.39 is 17.3 Å². The molecule has 0 spiro atoms. The number of ether oxygens (including phenoxy) is 2. The number of benzene rings is 2. The fourth-order valence-electron chi connectivity index (χ4n) is 3.46. The highest BCUT2D eigenvalue weighted by Gasteiger charge is 2.32. The van der Waals surface area contributed by atoms with Gasteiger partial charge in [0.05, 0.1) is 24.1 Å². The van der Waals surface area contributed by atoms with E-state index in [2.05, 4.69) is 10.1 Å². The van der Waals surface area contributed by atoms with Crippen LogP contribution in [0.15, 0.2) is 36.4 Å². The largest absolute Gasteiger partial charge is 0.573 e. The van der Waals surface area contributed by atoms with Crippen LogP contribution in [0.3, 0.4) is 0 Å². The van der Waals surface area contributed by atoms with E-state index in [-0.39, 0.29) is 28.5 Å². The first kappa shape index (κ1) is 21.7. The minimum atomic E-state index is -4.81. The number of non-ortho nitro benzene ring substituents is 1. The number of nitro groups is 1. The van der Waals surface area contributed by atoms with E-state index in [4.69, 9.17) is 4.74 Å². The van der Waals surface area contributed by atoms with Crippen molar-refractivity contribution in [1.29, 1.82) is 0 Å². The normalized spacial score (nSPS) is 16.1. The van der Waals surface area contributed by atoms with Crippen molar-refractivity contribution in [3.05, 3.63) is 57.6 Å². The van der Waals surface area contributed by atoms with Gasteiger partial charge in [0.15, 0.2) is 11.5 Å². The molecule has 11 heteroatoms. The fourth-order valence-corrected chi connectivity index (χ4v) is 3.46. The number of methoxy groups -OCH3 is 1. The number of piperazine rings is 1. The minimum absolute atomic E-state index is 0.0589. The summed E-state index contributed by atoms with van der Waals surface area (Å²) >= 11 is 0. The Morgan fingerprint density at radius 1 is 1.20 bits per heavy atom. The van der Waals surface area contributed by atoms with E-state index >= 15 is 0 Å². The summed E-state index contributed by atoms with van der Waals surface area (Å²) in [5.41, 5.74) is 0.508. The summed E-state index contributed by atoms with van der Waals surface area (Å²) in [7, 11) is 1.28. The zero-order valence-electron chi connectivity index (χ0n) is 16.0. The summed E-state index contributed by atoms with van der Waals surface area (Å²) in [5.74, 6) is -0.704. The molecule has 1 atom stereocenters. The van der Waals surface area contributed by atoms with Gasteiger partial charge in [-0.2, -0.15) is 0 Å². The lowest BCUT2D eigenvalue weighted by atomic mass is 9.94. The molecular weight excluding hydrogens is 407 g/mol. The molecule has 30 heavy (non-hydrogen) atoms. The van der Waals surface area contributed by atoms with Crippen molar-refractivity contribution in [1.82, 2.24) is 10.2 Å². The maximum absolute atomic E-state index is 12.5. The van der Waals surface area contributed by atoms with Crippen LogP contribution in [0.25, 0.3) is 0 Å². The molecule has 162 valence electrons. The molecule has 3 rings (SSSR count). The Hall–Kier alpha value is -3.05. The Morgan fingerprint density at radius 2 is 1.83 bits per heavy atom. The highest BCUT2D eigenvalue weighted by Crippen LogP contribution is 2.42. The van der Waals surface area contributed by atoms with Crippen molar-refractivity contribution < 1.29 is 32.7 Å². The SMILES string of the molecule is COc1cc([N+](=O)[O-])cc([C@H](c2ccc(OC(F)(F)F)cc2)N2CCNCC2)c1O. The third-order valence-electron chi connectivity index (χ3n) is 4.76. The number of alkyl halides is 3. The summed E-state index contributed by atoms with van der Waals surface area (Å²) in [6.07, 6.45) is -4.81. The Bertz CT molecular complexity index is 900. The number of hydrogen-bond acceptors (Lipinski definition) is 7. The molecule has 0 amide bonds. The number of hydrogen-bond donors (Lipinski definition) is 2. The number of rotatable bonds is 6. The van der Waals surface area contributed by atoms with Crippen LogP contribution in [-0.2, 0) is 0 Å². The first-order valence-electron chi connectivity index (χ1n) is 9.05. The van der Waals surface area contributed by atoms with E-state index in [1.54, 1.807) is 0 Å². The predicted molar refractivity (Wildman–Crippen MR) is 101 cm³/mol. The van der Waals surface area contributed by atoms with Crippen LogP contribution < -0.4 is 14.8 Å². The van der Waals surface area contributed by atoms with Crippen LogP contribution >= 0.6 is 0 Å². The second kappa shape index (κ2) is 8.76. The molecule has 0 aliphatic carbocycles. The van der Waals surface area contributed by atoms with Crippen LogP contribution in [0.2, 0.25) is 0 Å². The lowest BCUT2D eigenvalue weighted by Crippen LogP contribution is -2.45. The molecule has 2 aromatic carbocycles. The Labute approximate surface area is 170 Å². The minimum Gasteiger partial charge on any atom is -0.504 e. The first-order chi connectivity index (χ1) is 14.2. The summed E-state index contributed by atoms with van der Waals surface area (Å²) in [6.45, 7) is 2.43. The Kier molecular flexibility index (Phi) is 6.32. The quantitative estimate of drug-likeness (QED) is 0.540.